The molecule has 1 fully saturated rings. The summed E-state index contributed by atoms with van der Waals surface area (Å²) < 4.78 is 0. The van der Waals surface area contributed by atoms with Crippen LogP contribution in [0.15, 0.2) is 18.2 Å². The van der Waals surface area contributed by atoms with Crippen molar-refractivity contribution in [2.24, 2.45) is 0 Å². The molecule has 0 atom stereocenters. The van der Waals surface area contributed by atoms with Crippen molar-refractivity contribution in [3.8, 4) is 0 Å². The third kappa shape index (κ3) is 4.60. The van der Waals surface area contributed by atoms with Crippen LogP contribution in [0.3, 0.4) is 0 Å². The molecule has 5 heteroatoms. The van der Waals surface area contributed by atoms with Crippen LogP contribution in [0.25, 0.3) is 0 Å². The van der Waals surface area contributed by atoms with E-state index < -0.39 is 0 Å². The lowest BCUT2D eigenvalue weighted by atomic mass is 9.90. The number of likely N-dealkylation sites (tertiary alicyclic amines) is 1. The van der Waals surface area contributed by atoms with Crippen LogP contribution in [0, 0.1) is 0 Å². The highest BCUT2D eigenvalue weighted by Gasteiger charge is 2.23. The predicted molar refractivity (Wildman–Crippen MR) is 96.2 cm³/mol. The van der Waals surface area contributed by atoms with Gasteiger partial charge in [0.25, 0.3) is 0 Å². The van der Waals surface area contributed by atoms with Crippen molar-refractivity contribution in [3.63, 3.8) is 0 Å². The summed E-state index contributed by atoms with van der Waals surface area (Å²) in [5, 5.41) is 9.52. The number of amides is 2. The smallest absolute Gasteiger partial charge is 0.242 e. The highest BCUT2D eigenvalue weighted by molar-refractivity contribution is 5.85. The predicted octanol–water partition coefficient (Wildman–Crippen LogP) is 1.55. The number of aryl methyl sites for hydroxylation is 2. The molecule has 0 spiro atoms. The van der Waals surface area contributed by atoms with Gasteiger partial charge in [-0.15, -0.1) is 0 Å². The van der Waals surface area contributed by atoms with Gasteiger partial charge >= 0.3 is 0 Å². The summed E-state index contributed by atoms with van der Waals surface area (Å²) in [7, 11) is 1.69. The number of hydrogen-bond acceptors (Lipinski definition) is 3. The first kappa shape index (κ1) is 17.9. The van der Waals surface area contributed by atoms with Crippen molar-refractivity contribution in [1.82, 2.24) is 9.80 Å². The molecular weight excluding hydrogens is 316 g/mol. The molecule has 136 valence electrons. The SMILES string of the molecule is CN(CC(=O)N1CCC(O)CC1)C(=O)Cc1ccc2c(c1)CCCC2. The summed E-state index contributed by atoms with van der Waals surface area (Å²) >= 11 is 0. The Hall–Kier alpha value is -1.88. The minimum Gasteiger partial charge on any atom is -0.393 e. The lowest BCUT2D eigenvalue weighted by Gasteiger charge is -2.31. The Bertz CT molecular complexity index is 636. The van der Waals surface area contributed by atoms with E-state index in [-0.39, 0.29) is 24.5 Å². The summed E-state index contributed by atoms with van der Waals surface area (Å²) in [4.78, 5) is 28.0. The molecule has 25 heavy (non-hydrogen) atoms. The van der Waals surface area contributed by atoms with Crippen molar-refractivity contribution < 1.29 is 14.7 Å². The monoisotopic (exact) mass is 344 g/mol. The van der Waals surface area contributed by atoms with Crippen LogP contribution in [0.5, 0.6) is 0 Å². The minimum absolute atomic E-state index is 0.0267. The van der Waals surface area contributed by atoms with E-state index in [1.165, 1.54) is 28.9 Å². The van der Waals surface area contributed by atoms with Crippen LogP contribution in [-0.2, 0) is 28.9 Å². The Kier molecular flexibility index (Phi) is 5.74. The number of likely N-dealkylation sites (N-methyl/N-ethyl adjacent to an activating group) is 1. The van der Waals surface area contributed by atoms with Crippen molar-refractivity contribution in [3.05, 3.63) is 34.9 Å². The molecule has 1 aromatic carbocycles. The van der Waals surface area contributed by atoms with Gasteiger partial charge in [0, 0.05) is 20.1 Å². The van der Waals surface area contributed by atoms with E-state index in [0.29, 0.717) is 32.4 Å². The Balaban J connectivity index is 1.53. The number of nitrogens with zero attached hydrogens (tertiary/aromatic N) is 2. The first-order valence-electron chi connectivity index (χ1n) is 9.33. The first-order valence-corrected chi connectivity index (χ1v) is 9.33. The summed E-state index contributed by atoms with van der Waals surface area (Å²) in [6.07, 6.45) is 6.02. The molecule has 1 aliphatic carbocycles. The number of hydrogen-bond donors (Lipinski definition) is 1. The summed E-state index contributed by atoms with van der Waals surface area (Å²) in [5.74, 6) is -0.0608. The second-order valence-corrected chi connectivity index (χ2v) is 7.35. The molecule has 3 rings (SSSR count). The molecule has 1 aliphatic heterocycles. The number of carbonyl (C=O) groups excluding carboxylic acids is 2. The highest BCUT2D eigenvalue weighted by atomic mass is 16.3. The van der Waals surface area contributed by atoms with Crippen molar-refractivity contribution in [2.75, 3.05) is 26.7 Å². The second-order valence-electron chi connectivity index (χ2n) is 7.35. The third-order valence-electron chi connectivity index (χ3n) is 5.38. The molecule has 2 aliphatic rings. The molecule has 1 saturated heterocycles. The van der Waals surface area contributed by atoms with Gasteiger partial charge in [-0.3, -0.25) is 9.59 Å². The molecule has 0 saturated carbocycles. The van der Waals surface area contributed by atoms with Gasteiger partial charge in [-0.05, 0) is 55.2 Å². The number of rotatable bonds is 4. The Morgan fingerprint density at radius 2 is 1.84 bits per heavy atom. The van der Waals surface area contributed by atoms with Gasteiger partial charge in [0.2, 0.25) is 11.8 Å². The maximum atomic E-state index is 12.5. The van der Waals surface area contributed by atoms with Gasteiger partial charge < -0.3 is 14.9 Å². The van der Waals surface area contributed by atoms with E-state index in [9.17, 15) is 14.7 Å². The molecule has 0 aromatic heterocycles. The molecule has 1 N–H and O–H groups in total. The fraction of sp³-hybridized carbons (Fsp3) is 0.600. The Morgan fingerprint density at radius 1 is 1.16 bits per heavy atom. The molecule has 1 heterocycles. The van der Waals surface area contributed by atoms with Gasteiger partial charge in [0.1, 0.15) is 0 Å². The summed E-state index contributed by atoms with van der Waals surface area (Å²) in [6.45, 7) is 1.26. The lowest BCUT2D eigenvalue weighted by molar-refractivity contribution is -0.140. The average molecular weight is 344 g/mol. The number of piperidine rings is 1. The van der Waals surface area contributed by atoms with Crippen LogP contribution in [0.1, 0.15) is 42.4 Å². The zero-order valence-corrected chi connectivity index (χ0v) is 15.0. The van der Waals surface area contributed by atoms with Crippen molar-refractivity contribution in [1.29, 1.82) is 0 Å². The fourth-order valence-corrected chi connectivity index (χ4v) is 3.71. The zero-order valence-electron chi connectivity index (χ0n) is 15.0. The van der Waals surface area contributed by atoms with Crippen LogP contribution in [0.2, 0.25) is 0 Å². The number of aliphatic hydroxyl groups is 1. The normalized spacial score (nSPS) is 17.9. The van der Waals surface area contributed by atoms with Gasteiger partial charge in [-0.2, -0.15) is 0 Å². The number of aliphatic hydroxyl groups excluding tert-OH is 1. The molecule has 0 bridgehead atoms. The highest BCUT2D eigenvalue weighted by Crippen LogP contribution is 2.22. The van der Waals surface area contributed by atoms with Gasteiger partial charge in [-0.25, -0.2) is 0 Å². The van der Waals surface area contributed by atoms with E-state index in [1.54, 1.807) is 11.9 Å². The number of carbonyl (C=O) groups is 2. The van der Waals surface area contributed by atoms with Crippen molar-refractivity contribution >= 4 is 11.8 Å². The van der Waals surface area contributed by atoms with Gasteiger partial charge in [0.05, 0.1) is 19.1 Å². The van der Waals surface area contributed by atoms with Gasteiger partial charge in [-0.1, -0.05) is 18.2 Å². The second kappa shape index (κ2) is 8.00. The van der Waals surface area contributed by atoms with E-state index in [4.69, 9.17) is 0 Å². The van der Waals surface area contributed by atoms with Gasteiger partial charge in [0.15, 0.2) is 0 Å². The maximum Gasteiger partial charge on any atom is 0.242 e. The minimum atomic E-state index is -0.299. The quantitative estimate of drug-likeness (QED) is 0.901. The van der Waals surface area contributed by atoms with Crippen LogP contribution >= 0.6 is 0 Å². The molecule has 1 aromatic rings. The molecule has 5 nitrogen and oxygen atoms in total. The third-order valence-corrected chi connectivity index (χ3v) is 5.38. The Morgan fingerprint density at radius 3 is 2.56 bits per heavy atom. The van der Waals surface area contributed by atoms with Crippen LogP contribution in [0.4, 0.5) is 0 Å². The molecule has 0 unspecified atom stereocenters. The summed E-state index contributed by atoms with van der Waals surface area (Å²) in [5.41, 5.74) is 3.83. The molecule has 0 radical (unpaired) electrons. The zero-order chi connectivity index (χ0) is 17.8. The van der Waals surface area contributed by atoms with E-state index in [2.05, 4.69) is 12.1 Å². The first-order chi connectivity index (χ1) is 12.0. The van der Waals surface area contributed by atoms with E-state index >= 15 is 0 Å². The van der Waals surface area contributed by atoms with E-state index in [0.717, 1.165) is 18.4 Å². The molecule has 2 amide bonds. The standard InChI is InChI=1S/C20H28N2O3/c1-21(14-20(25)22-10-8-18(23)9-11-22)19(24)13-15-6-7-16-4-2-3-5-17(16)12-15/h6-7,12,18,23H,2-5,8-11,13-14H2,1H3. The van der Waals surface area contributed by atoms with Crippen LogP contribution in [-0.4, -0.2) is 59.5 Å². The molecular formula is C20H28N2O3. The topological polar surface area (TPSA) is 60.9 Å². The number of fused-ring (bicyclic) bond motifs is 1. The lowest BCUT2D eigenvalue weighted by Crippen LogP contribution is -2.45. The summed E-state index contributed by atoms with van der Waals surface area (Å²) in [6, 6.07) is 6.36. The largest absolute Gasteiger partial charge is 0.393 e. The number of benzene rings is 1. The van der Waals surface area contributed by atoms with Crippen LogP contribution < -0.4 is 0 Å². The average Bonchev–Trinajstić information content (AvgIpc) is 2.62. The van der Waals surface area contributed by atoms with E-state index in [1.807, 2.05) is 6.07 Å². The van der Waals surface area contributed by atoms with Crippen molar-refractivity contribution in [2.45, 2.75) is 51.0 Å². The maximum absolute atomic E-state index is 12.5. The Labute approximate surface area is 149 Å². The fourth-order valence-electron chi connectivity index (χ4n) is 3.71.